The zero-order valence-electron chi connectivity index (χ0n) is 22.5. The van der Waals surface area contributed by atoms with E-state index < -0.39 is 5.60 Å². The van der Waals surface area contributed by atoms with Crippen molar-refractivity contribution in [3.63, 3.8) is 0 Å². The summed E-state index contributed by atoms with van der Waals surface area (Å²) in [5, 5.41) is 19.5. The van der Waals surface area contributed by atoms with Crippen LogP contribution in [0.25, 0.3) is 11.0 Å². The van der Waals surface area contributed by atoms with Crippen LogP contribution in [0.2, 0.25) is 0 Å². The van der Waals surface area contributed by atoms with Crippen molar-refractivity contribution in [2.45, 2.75) is 90.7 Å². The van der Waals surface area contributed by atoms with Crippen molar-refractivity contribution in [2.75, 3.05) is 13.7 Å². The SMILES string of the molecule is COC[C@]12CC[C@@](C)(O)C[C@H]1CC[C@H]1[C@@H]3CC[C@H](C(=O)Cn4nnc5cc(C)ccc54)[C@@]3(C)CC[C@@H]12. The first kappa shape index (κ1) is 24.5. The first-order chi connectivity index (χ1) is 17.2. The van der Waals surface area contributed by atoms with E-state index in [4.69, 9.17) is 4.74 Å². The summed E-state index contributed by atoms with van der Waals surface area (Å²) in [5.41, 5.74) is 2.71. The van der Waals surface area contributed by atoms with Crippen LogP contribution >= 0.6 is 0 Å². The van der Waals surface area contributed by atoms with Crippen LogP contribution in [0.4, 0.5) is 0 Å². The third-order valence-corrected chi connectivity index (χ3v) is 11.4. The van der Waals surface area contributed by atoms with E-state index in [0.29, 0.717) is 36.0 Å². The molecule has 8 atom stereocenters. The van der Waals surface area contributed by atoms with E-state index in [-0.39, 0.29) is 16.7 Å². The maximum atomic E-state index is 13.8. The van der Waals surface area contributed by atoms with E-state index in [1.54, 1.807) is 0 Å². The molecule has 4 saturated carbocycles. The lowest BCUT2D eigenvalue weighted by Gasteiger charge is -2.62. The van der Waals surface area contributed by atoms with Gasteiger partial charge in [0, 0.05) is 13.0 Å². The van der Waals surface area contributed by atoms with E-state index >= 15 is 0 Å². The largest absolute Gasteiger partial charge is 0.390 e. The molecule has 4 aliphatic carbocycles. The fraction of sp³-hybridized carbons (Fsp3) is 0.767. The summed E-state index contributed by atoms with van der Waals surface area (Å²) < 4.78 is 7.72. The molecule has 36 heavy (non-hydrogen) atoms. The maximum Gasteiger partial charge on any atom is 0.157 e. The molecule has 1 aromatic heterocycles. The van der Waals surface area contributed by atoms with E-state index in [2.05, 4.69) is 30.2 Å². The molecule has 0 amide bonds. The highest BCUT2D eigenvalue weighted by Gasteiger charge is 2.63. The van der Waals surface area contributed by atoms with Crippen molar-refractivity contribution in [3.8, 4) is 0 Å². The summed E-state index contributed by atoms with van der Waals surface area (Å²) in [5.74, 6) is 2.93. The fourth-order valence-electron chi connectivity index (χ4n) is 9.77. The number of fused-ring (bicyclic) bond motifs is 6. The fourth-order valence-corrected chi connectivity index (χ4v) is 9.77. The zero-order valence-corrected chi connectivity index (χ0v) is 22.5. The Labute approximate surface area is 215 Å². The Kier molecular flexibility index (Phi) is 5.88. The zero-order chi connectivity index (χ0) is 25.3. The van der Waals surface area contributed by atoms with Crippen molar-refractivity contribution < 1.29 is 14.6 Å². The lowest BCUT2D eigenvalue weighted by Crippen LogP contribution is -2.58. The van der Waals surface area contributed by atoms with Gasteiger partial charge in [-0.15, -0.1) is 5.10 Å². The monoisotopic (exact) mass is 493 g/mol. The second-order valence-electron chi connectivity index (χ2n) is 13.4. The molecule has 6 rings (SSSR count). The number of nitrogens with zero attached hydrogens (tertiary/aromatic N) is 3. The van der Waals surface area contributed by atoms with Crippen LogP contribution in [-0.4, -0.2) is 45.2 Å². The van der Waals surface area contributed by atoms with Gasteiger partial charge < -0.3 is 9.84 Å². The van der Waals surface area contributed by atoms with E-state index in [1.165, 1.54) is 19.3 Å². The number of aryl methyl sites for hydroxylation is 1. The Hall–Kier alpha value is -1.79. The van der Waals surface area contributed by atoms with Crippen LogP contribution in [0.5, 0.6) is 0 Å². The number of ether oxygens (including phenoxy) is 1. The van der Waals surface area contributed by atoms with Gasteiger partial charge in [0.05, 0.1) is 17.7 Å². The van der Waals surface area contributed by atoms with E-state index in [9.17, 15) is 9.90 Å². The van der Waals surface area contributed by atoms with Gasteiger partial charge in [0.2, 0.25) is 0 Å². The summed E-state index contributed by atoms with van der Waals surface area (Å²) >= 11 is 0. The topological polar surface area (TPSA) is 77.2 Å². The number of aliphatic hydroxyl groups is 1. The molecule has 4 fully saturated rings. The molecule has 2 aromatic rings. The molecule has 0 saturated heterocycles. The van der Waals surface area contributed by atoms with E-state index in [0.717, 1.165) is 61.7 Å². The molecule has 0 aliphatic heterocycles. The third kappa shape index (κ3) is 3.69. The van der Waals surface area contributed by atoms with Crippen LogP contribution in [0.1, 0.15) is 77.2 Å². The average Bonchev–Trinajstić information content (AvgIpc) is 3.39. The minimum atomic E-state index is -0.535. The standard InChI is InChI=1S/C30H43N3O3/c1-19-5-10-26-25(15-19)31-32-33(26)17-27(34)24-9-8-22-21-7-6-20-16-28(2,35)13-14-30(20,18-36-4)23(21)11-12-29(22,24)3/h5,10,15,20-24,35H,6-9,11-14,16-18H2,1-4H3/t20-,21+,22+,23+,24-,28-,29+,30-/m1/s1. The quantitative estimate of drug-likeness (QED) is 0.608. The molecule has 1 aromatic carbocycles. The molecule has 4 aliphatic rings. The van der Waals surface area contributed by atoms with Gasteiger partial charge in [0.25, 0.3) is 0 Å². The van der Waals surface area contributed by atoms with Gasteiger partial charge in [0.1, 0.15) is 12.1 Å². The number of benzene rings is 1. The Morgan fingerprint density at radius 2 is 1.94 bits per heavy atom. The highest BCUT2D eigenvalue weighted by molar-refractivity contribution is 5.84. The Morgan fingerprint density at radius 1 is 1.11 bits per heavy atom. The van der Waals surface area contributed by atoms with Gasteiger partial charge in [-0.2, -0.15) is 0 Å². The number of carbonyl (C=O) groups is 1. The second-order valence-corrected chi connectivity index (χ2v) is 13.4. The summed E-state index contributed by atoms with van der Waals surface area (Å²) in [6.45, 7) is 7.65. The molecular formula is C30H43N3O3. The smallest absolute Gasteiger partial charge is 0.157 e. The van der Waals surface area contributed by atoms with Crippen molar-refractivity contribution >= 4 is 16.8 Å². The predicted octanol–water partition coefficient (Wildman–Crippen LogP) is 5.35. The number of rotatable bonds is 5. The lowest BCUT2D eigenvalue weighted by atomic mass is 9.43. The Morgan fingerprint density at radius 3 is 2.75 bits per heavy atom. The molecular weight excluding hydrogens is 450 g/mol. The molecule has 0 spiro atoms. The number of hydrogen-bond donors (Lipinski definition) is 1. The molecule has 1 heterocycles. The van der Waals surface area contributed by atoms with Crippen molar-refractivity contribution in [2.24, 2.45) is 40.4 Å². The lowest BCUT2D eigenvalue weighted by molar-refractivity contribution is -0.175. The number of carbonyl (C=O) groups excluding carboxylic acids is 1. The van der Waals surface area contributed by atoms with Gasteiger partial charge in [-0.1, -0.05) is 18.2 Å². The average molecular weight is 494 g/mol. The Bertz CT molecular complexity index is 1160. The van der Waals surface area contributed by atoms with Crippen LogP contribution in [0, 0.1) is 47.3 Å². The maximum absolute atomic E-state index is 13.8. The summed E-state index contributed by atoms with van der Waals surface area (Å²) in [7, 11) is 1.86. The highest BCUT2D eigenvalue weighted by atomic mass is 16.5. The number of Topliss-reactive ketones (excluding diaryl/α,β-unsaturated/α-hetero) is 1. The molecule has 6 nitrogen and oxygen atoms in total. The Balaban J connectivity index is 1.23. The molecule has 1 N–H and O–H groups in total. The van der Waals surface area contributed by atoms with Crippen LogP contribution in [-0.2, 0) is 16.1 Å². The molecule has 196 valence electrons. The molecule has 0 unspecified atom stereocenters. The minimum Gasteiger partial charge on any atom is -0.390 e. The number of methoxy groups -OCH3 is 1. The number of ketones is 1. The van der Waals surface area contributed by atoms with Crippen molar-refractivity contribution in [1.82, 2.24) is 15.0 Å². The van der Waals surface area contributed by atoms with Gasteiger partial charge in [0.15, 0.2) is 5.78 Å². The van der Waals surface area contributed by atoms with Gasteiger partial charge in [-0.05, 0) is 124 Å². The van der Waals surface area contributed by atoms with Gasteiger partial charge in [-0.25, -0.2) is 4.68 Å². The first-order valence-electron chi connectivity index (χ1n) is 14.2. The van der Waals surface area contributed by atoms with E-state index in [1.807, 2.05) is 30.8 Å². The van der Waals surface area contributed by atoms with Crippen LogP contribution < -0.4 is 0 Å². The molecule has 0 radical (unpaired) electrons. The predicted molar refractivity (Wildman–Crippen MR) is 139 cm³/mol. The summed E-state index contributed by atoms with van der Waals surface area (Å²) in [4.78, 5) is 13.8. The minimum absolute atomic E-state index is 0.0759. The van der Waals surface area contributed by atoms with Crippen molar-refractivity contribution in [1.29, 1.82) is 0 Å². The molecule has 6 heteroatoms. The second kappa shape index (κ2) is 8.62. The summed E-state index contributed by atoms with van der Waals surface area (Å²) in [6, 6.07) is 6.14. The van der Waals surface area contributed by atoms with Gasteiger partial charge >= 0.3 is 0 Å². The van der Waals surface area contributed by atoms with Gasteiger partial charge in [-0.3, -0.25) is 4.79 Å². The normalized spacial score (nSPS) is 42.1. The number of aromatic nitrogens is 3. The highest BCUT2D eigenvalue weighted by Crippen LogP contribution is 2.68. The molecule has 0 bridgehead atoms. The van der Waals surface area contributed by atoms with Crippen LogP contribution in [0.3, 0.4) is 0 Å². The van der Waals surface area contributed by atoms with Crippen molar-refractivity contribution in [3.05, 3.63) is 23.8 Å². The van der Waals surface area contributed by atoms with Crippen LogP contribution in [0.15, 0.2) is 18.2 Å². The summed E-state index contributed by atoms with van der Waals surface area (Å²) in [6.07, 6.45) is 9.78. The third-order valence-electron chi connectivity index (χ3n) is 11.4. The first-order valence-corrected chi connectivity index (χ1v) is 14.2. The number of hydrogen-bond acceptors (Lipinski definition) is 5.